The Kier molecular flexibility index (Phi) is 6.75. The van der Waals surface area contributed by atoms with Crippen LogP contribution in [-0.2, 0) is 0 Å². The van der Waals surface area contributed by atoms with Gasteiger partial charge in [-0.15, -0.1) is 11.3 Å². The molecular weight excluding hydrogens is 677 g/mol. The fourth-order valence-corrected chi connectivity index (χ4v) is 9.41. The predicted molar refractivity (Wildman–Crippen MR) is 227 cm³/mol. The molecule has 5 heteroatoms. The Morgan fingerprint density at radius 3 is 1.43 bits per heavy atom. The van der Waals surface area contributed by atoms with Crippen LogP contribution in [0.25, 0.3) is 75.2 Å². The van der Waals surface area contributed by atoms with E-state index >= 15 is 0 Å². The first-order valence-corrected chi connectivity index (χ1v) is 18.9. The Hall–Kier alpha value is -7.13. The van der Waals surface area contributed by atoms with E-state index in [1.165, 1.54) is 42.0 Å². The minimum Gasteiger partial charge on any atom is -0.310 e. The Balaban J connectivity index is 1.07. The summed E-state index contributed by atoms with van der Waals surface area (Å²) in [4.78, 5) is 2.36. The van der Waals surface area contributed by atoms with Crippen LogP contribution < -0.4 is 4.90 Å². The topological polar surface area (TPSA) is 36.9 Å². The Bertz CT molecular complexity index is 3230. The Morgan fingerprint density at radius 1 is 0.389 bits per heavy atom. The molecule has 4 nitrogen and oxygen atoms in total. The number of nitriles is 1. The highest BCUT2D eigenvalue weighted by molar-refractivity contribution is 7.25. The van der Waals surface area contributed by atoms with Crippen molar-refractivity contribution in [3.63, 3.8) is 0 Å². The second-order valence-corrected chi connectivity index (χ2v) is 14.8. The molecular formula is C49H30N4S. The number of anilines is 3. The van der Waals surface area contributed by atoms with Crippen LogP contribution in [0.5, 0.6) is 0 Å². The molecule has 0 atom stereocenters. The first-order chi connectivity index (χ1) is 26.7. The lowest BCUT2D eigenvalue weighted by molar-refractivity contribution is 1.17. The largest absolute Gasteiger partial charge is 0.310 e. The van der Waals surface area contributed by atoms with Crippen molar-refractivity contribution in [3.05, 3.63) is 188 Å². The molecule has 0 fully saturated rings. The highest BCUT2D eigenvalue weighted by atomic mass is 32.1. The van der Waals surface area contributed by atoms with Crippen LogP contribution in [0.15, 0.2) is 182 Å². The summed E-state index contributed by atoms with van der Waals surface area (Å²) in [6.45, 7) is 0. The van der Waals surface area contributed by atoms with Gasteiger partial charge in [0, 0.05) is 70.2 Å². The van der Waals surface area contributed by atoms with Crippen LogP contribution in [0.1, 0.15) is 5.56 Å². The molecule has 0 amide bonds. The van der Waals surface area contributed by atoms with Gasteiger partial charge in [-0.2, -0.15) is 5.26 Å². The highest BCUT2D eigenvalue weighted by Crippen LogP contribution is 2.42. The zero-order valence-corrected chi connectivity index (χ0v) is 29.8. The van der Waals surface area contributed by atoms with Crippen molar-refractivity contribution in [1.29, 1.82) is 5.26 Å². The van der Waals surface area contributed by atoms with E-state index in [-0.39, 0.29) is 0 Å². The van der Waals surface area contributed by atoms with E-state index < -0.39 is 0 Å². The minimum atomic E-state index is 0.663. The second kappa shape index (κ2) is 12.0. The third kappa shape index (κ3) is 4.61. The van der Waals surface area contributed by atoms with Gasteiger partial charge in [0.1, 0.15) is 0 Å². The van der Waals surface area contributed by atoms with Crippen molar-refractivity contribution in [1.82, 2.24) is 9.13 Å². The number of aromatic nitrogens is 2. The molecule has 54 heavy (non-hydrogen) atoms. The standard InChI is InChI=1S/C49H30N4S/c50-31-32-17-27-47-42(29-32)40-11-3-7-15-46(40)53(47)36-24-20-34(21-25-36)51(37-26-28-49-43(30-37)41-12-4-8-16-48(41)54-49)33-18-22-35(23-19-33)52-44-13-5-1-9-38(44)39-10-2-6-14-45(39)52/h1-30H. The molecule has 0 unspecified atom stereocenters. The first kappa shape index (κ1) is 30.5. The molecule has 0 aliphatic rings. The summed E-state index contributed by atoms with van der Waals surface area (Å²) in [6.07, 6.45) is 0. The maximum absolute atomic E-state index is 9.65. The molecule has 0 aliphatic heterocycles. The van der Waals surface area contributed by atoms with Crippen molar-refractivity contribution in [2.75, 3.05) is 4.90 Å². The van der Waals surface area contributed by atoms with E-state index in [1.54, 1.807) is 0 Å². The Morgan fingerprint density at radius 2 is 0.852 bits per heavy atom. The van der Waals surface area contributed by atoms with E-state index in [0.29, 0.717) is 5.56 Å². The van der Waals surface area contributed by atoms with Gasteiger partial charge in [0.15, 0.2) is 0 Å². The maximum atomic E-state index is 9.65. The summed E-state index contributed by atoms with van der Waals surface area (Å²) in [5.74, 6) is 0. The van der Waals surface area contributed by atoms with Crippen LogP contribution in [0.3, 0.4) is 0 Å². The summed E-state index contributed by atoms with van der Waals surface area (Å²) in [7, 11) is 0. The number of para-hydroxylation sites is 3. The summed E-state index contributed by atoms with van der Waals surface area (Å²) in [5, 5.41) is 16.9. The summed E-state index contributed by atoms with van der Waals surface area (Å²) in [5.41, 5.74) is 10.7. The minimum absolute atomic E-state index is 0.663. The van der Waals surface area contributed by atoms with E-state index in [4.69, 9.17) is 0 Å². The predicted octanol–water partition coefficient (Wildman–Crippen LogP) is 13.6. The third-order valence-electron chi connectivity index (χ3n) is 10.7. The molecule has 0 saturated carbocycles. The smallest absolute Gasteiger partial charge is 0.0991 e. The summed E-state index contributed by atoms with van der Waals surface area (Å²) >= 11 is 1.84. The SMILES string of the molecule is N#Cc1ccc2c(c1)c1ccccc1n2-c1ccc(N(c2ccc(-n3c4ccccc4c4ccccc43)cc2)c2ccc3sc4ccccc4c3c2)cc1. The quantitative estimate of drug-likeness (QED) is 0.179. The molecule has 0 spiro atoms. The molecule has 0 aliphatic carbocycles. The van der Waals surface area contributed by atoms with E-state index in [9.17, 15) is 5.26 Å². The second-order valence-electron chi connectivity index (χ2n) is 13.7. The van der Waals surface area contributed by atoms with Crippen molar-refractivity contribution in [3.8, 4) is 17.4 Å². The van der Waals surface area contributed by atoms with Gasteiger partial charge in [-0.05, 0) is 109 Å². The molecule has 0 bridgehead atoms. The molecule has 0 N–H and O–H groups in total. The van der Waals surface area contributed by atoms with Crippen LogP contribution >= 0.6 is 11.3 Å². The molecule has 11 rings (SSSR count). The van der Waals surface area contributed by atoms with Crippen molar-refractivity contribution < 1.29 is 0 Å². The average molecular weight is 707 g/mol. The first-order valence-electron chi connectivity index (χ1n) is 18.1. The maximum Gasteiger partial charge on any atom is 0.0991 e. The summed E-state index contributed by atoms with van der Waals surface area (Å²) in [6, 6.07) is 67.3. The van der Waals surface area contributed by atoms with Gasteiger partial charge in [-0.25, -0.2) is 0 Å². The molecule has 0 saturated heterocycles. The molecule has 252 valence electrons. The van der Waals surface area contributed by atoms with Gasteiger partial charge in [0.2, 0.25) is 0 Å². The lowest BCUT2D eigenvalue weighted by Crippen LogP contribution is -2.10. The molecule has 0 radical (unpaired) electrons. The van der Waals surface area contributed by atoms with Crippen LogP contribution in [0.4, 0.5) is 17.1 Å². The number of hydrogen-bond acceptors (Lipinski definition) is 3. The van der Waals surface area contributed by atoms with Crippen molar-refractivity contribution in [2.24, 2.45) is 0 Å². The highest BCUT2D eigenvalue weighted by Gasteiger charge is 2.18. The van der Waals surface area contributed by atoms with Crippen LogP contribution in [0, 0.1) is 11.3 Å². The van der Waals surface area contributed by atoms with E-state index in [1.807, 2.05) is 23.5 Å². The van der Waals surface area contributed by atoms with Gasteiger partial charge in [-0.1, -0.05) is 72.8 Å². The normalized spacial score (nSPS) is 11.7. The van der Waals surface area contributed by atoms with Gasteiger partial charge < -0.3 is 14.0 Å². The molecule has 3 heterocycles. The zero-order chi connectivity index (χ0) is 35.8. The van der Waals surface area contributed by atoms with Gasteiger partial charge in [0.25, 0.3) is 0 Å². The average Bonchev–Trinajstić information content (AvgIpc) is 3.89. The van der Waals surface area contributed by atoms with Crippen molar-refractivity contribution in [2.45, 2.75) is 0 Å². The van der Waals surface area contributed by atoms with E-state index in [0.717, 1.165) is 50.2 Å². The number of hydrogen-bond donors (Lipinski definition) is 0. The molecule has 11 aromatic rings. The number of rotatable bonds is 5. The number of thiophene rings is 1. The monoisotopic (exact) mass is 706 g/mol. The van der Waals surface area contributed by atoms with E-state index in [2.05, 4.69) is 190 Å². The fourth-order valence-electron chi connectivity index (χ4n) is 8.32. The zero-order valence-electron chi connectivity index (χ0n) is 29.0. The Labute approximate surface area is 315 Å². The van der Waals surface area contributed by atoms with Gasteiger partial charge in [0.05, 0.1) is 33.7 Å². The van der Waals surface area contributed by atoms with Crippen LogP contribution in [0.2, 0.25) is 0 Å². The lowest BCUT2D eigenvalue weighted by Gasteiger charge is -2.26. The number of fused-ring (bicyclic) bond motifs is 9. The molecule has 3 aromatic heterocycles. The third-order valence-corrected chi connectivity index (χ3v) is 11.9. The number of nitrogens with zero attached hydrogens (tertiary/aromatic N) is 4. The number of benzene rings is 8. The molecule has 8 aromatic carbocycles. The van der Waals surface area contributed by atoms with Crippen LogP contribution in [-0.4, -0.2) is 9.13 Å². The van der Waals surface area contributed by atoms with Gasteiger partial charge >= 0.3 is 0 Å². The lowest BCUT2D eigenvalue weighted by atomic mass is 10.1. The van der Waals surface area contributed by atoms with Gasteiger partial charge in [-0.3, -0.25) is 0 Å². The van der Waals surface area contributed by atoms with Crippen molar-refractivity contribution >= 4 is 92.2 Å². The fraction of sp³-hybridized carbons (Fsp3) is 0. The summed E-state index contributed by atoms with van der Waals surface area (Å²) < 4.78 is 7.24.